The van der Waals surface area contributed by atoms with Gasteiger partial charge in [0.15, 0.2) is 0 Å². The van der Waals surface area contributed by atoms with E-state index in [2.05, 4.69) is 41.4 Å². The Kier molecular flexibility index (Phi) is 4.04. The summed E-state index contributed by atoms with van der Waals surface area (Å²) in [5.41, 5.74) is 0. The molecule has 0 bridgehead atoms. The topological polar surface area (TPSA) is 49.8 Å². The van der Waals surface area contributed by atoms with Gasteiger partial charge in [0.25, 0.3) is 0 Å². The minimum atomic E-state index is 0.469. The van der Waals surface area contributed by atoms with E-state index in [-0.39, 0.29) is 0 Å². The van der Waals surface area contributed by atoms with E-state index in [1.807, 2.05) is 13.1 Å². The molecule has 1 saturated carbocycles. The standard InChI is InChI=1S/C14H24N4/c1-5-11(9(2)3)16-13-8-12(15-4)17-14(18-13)10-6-7-10/h8-11H,5-7H2,1-4H3,(H2,15,16,17,18). The molecule has 1 aliphatic carbocycles. The van der Waals surface area contributed by atoms with Gasteiger partial charge in [-0.3, -0.25) is 0 Å². The second-order valence-electron chi connectivity index (χ2n) is 5.42. The van der Waals surface area contributed by atoms with Crippen molar-refractivity contribution in [3.05, 3.63) is 11.9 Å². The van der Waals surface area contributed by atoms with E-state index in [0.29, 0.717) is 17.9 Å². The predicted molar refractivity (Wildman–Crippen MR) is 76.1 cm³/mol. The molecule has 1 heterocycles. The molecule has 4 nitrogen and oxygen atoms in total. The Morgan fingerprint density at radius 1 is 1.28 bits per heavy atom. The molecule has 0 aliphatic heterocycles. The fourth-order valence-corrected chi connectivity index (χ4v) is 2.12. The van der Waals surface area contributed by atoms with E-state index in [1.54, 1.807) is 0 Å². The Morgan fingerprint density at radius 2 is 1.94 bits per heavy atom. The first kappa shape index (κ1) is 13.1. The van der Waals surface area contributed by atoms with Crippen molar-refractivity contribution in [3.8, 4) is 0 Å². The first-order valence-corrected chi connectivity index (χ1v) is 6.97. The van der Waals surface area contributed by atoms with E-state index in [1.165, 1.54) is 12.8 Å². The maximum atomic E-state index is 4.65. The van der Waals surface area contributed by atoms with Gasteiger partial charge in [-0.1, -0.05) is 20.8 Å². The van der Waals surface area contributed by atoms with Crippen LogP contribution in [0.15, 0.2) is 6.07 Å². The van der Waals surface area contributed by atoms with Crippen LogP contribution in [-0.2, 0) is 0 Å². The van der Waals surface area contributed by atoms with Gasteiger partial charge in [0.2, 0.25) is 0 Å². The van der Waals surface area contributed by atoms with Crippen molar-refractivity contribution in [2.45, 2.75) is 52.0 Å². The molecule has 1 aromatic heterocycles. The summed E-state index contributed by atoms with van der Waals surface area (Å²) in [4.78, 5) is 9.18. The van der Waals surface area contributed by atoms with E-state index in [4.69, 9.17) is 0 Å². The van der Waals surface area contributed by atoms with Gasteiger partial charge in [-0.15, -0.1) is 0 Å². The molecule has 1 atom stereocenters. The van der Waals surface area contributed by atoms with Crippen LogP contribution in [0.4, 0.5) is 11.6 Å². The van der Waals surface area contributed by atoms with E-state index < -0.39 is 0 Å². The number of hydrogen-bond donors (Lipinski definition) is 2. The summed E-state index contributed by atoms with van der Waals surface area (Å²) in [6, 6.07) is 2.47. The first-order valence-electron chi connectivity index (χ1n) is 6.97. The number of anilines is 2. The summed E-state index contributed by atoms with van der Waals surface area (Å²) >= 11 is 0. The summed E-state index contributed by atoms with van der Waals surface area (Å²) in [5, 5.41) is 6.65. The maximum absolute atomic E-state index is 4.65. The summed E-state index contributed by atoms with van der Waals surface area (Å²) < 4.78 is 0. The lowest BCUT2D eigenvalue weighted by molar-refractivity contribution is 0.509. The SMILES string of the molecule is CCC(Nc1cc(NC)nc(C2CC2)n1)C(C)C. The lowest BCUT2D eigenvalue weighted by Gasteiger charge is -2.21. The third-order valence-corrected chi connectivity index (χ3v) is 3.52. The van der Waals surface area contributed by atoms with Crippen molar-refractivity contribution in [2.75, 3.05) is 17.7 Å². The number of hydrogen-bond acceptors (Lipinski definition) is 4. The molecule has 1 aromatic rings. The molecule has 2 N–H and O–H groups in total. The molecule has 1 fully saturated rings. The highest BCUT2D eigenvalue weighted by Crippen LogP contribution is 2.38. The van der Waals surface area contributed by atoms with Crippen LogP contribution < -0.4 is 10.6 Å². The fourth-order valence-electron chi connectivity index (χ4n) is 2.12. The Hall–Kier alpha value is -1.32. The lowest BCUT2D eigenvalue weighted by Crippen LogP contribution is -2.25. The van der Waals surface area contributed by atoms with Crippen molar-refractivity contribution >= 4 is 11.6 Å². The van der Waals surface area contributed by atoms with Crippen molar-refractivity contribution in [1.82, 2.24) is 9.97 Å². The number of nitrogens with one attached hydrogen (secondary N) is 2. The average Bonchev–Trinajstić information content (AvgIpc) is 3.19. The molecule has 0 spiro atoms. The van der Waals surface area contributed by atoms with Crippen LogP contribution in [0.5, 0.6) is 0 Å². The molecule has 2 rings (SSSR count). The maximum Gasteiger partial charge on any atom is 0.136 e. The van der Waals surface area contributed by atoms with Gasteiger partial charge in [-0.25, -0.2) is 9.97 Å². The fraction of sp³-hybridized carbons (Fsp3) is 0.714. The zero-order valence-electron chi connectivity index (χ0n) is 11.8. The van der Waals surface area contributed by atoms with Crippen LogP contribution >= 0.6 is 0 Å². The molecule has 18 heavy (non-hydrogen) atoms. The van der Waals surface area contributed by atoms with Gasteiger partial charge in [0.1, 0.15) is 17.5 Å². The van der Waals surface area contributed by atoms with Crippen molar-refractivity contribution in [2.24, 2.45) is 5.92 Å². The normalized spacial score (nSPS) is 16.7. The summed E-state index contributed by atoms with van der Waals surface area (Å²) in [6.45, 7) is 6.69. The van der Waals surface area contributed by atoms with Gasteiger partial charge in [-0.05, 0) is 25.2 Å². The second kappa shape index (κ2) is 5.55. The number of aromatic nitrogens is 2. The van der Waals surface area contributed by atoms with Crippen molar-refractivity contribution in [1.29, 1.82) is 0 Å². The van der Waals surface area contributed by atoms with Gasteiger partial charge in [0.05, 0.1) is 0 Å². The molecule has 1 aliphatic rings. The van der Waals surface area contributed by atoms with E-state index in [0.717, 1.165) is 23.9 Å². The van der Waals surface area contributed by atoms with Crippen LogP contribution in [0, 0.1) is 5.92 Å². The number of nitrogens with zero attached hydrogens (tertiary/aromatic N) is 2. The highest BCUT2D eigenvalue weighted by Gasteiger charge is 2.27. The monoisotopic (exact) mass is 248 g/mol. The molecule has 0 amide bonds. The van der Waals surface area contributed by atoms with E-state index in [9.17, 15) is 0 Å². The highest BCUT2D eigenvalue weighted by molar-refractivity contribution is 5.48. The van der Waals surface area contributed by atoms with E-state index >= 15 is 0 Å². The molecular weight excluding hydrogens is 224 g/mol. The lowest BCUT2D eigenvalue weighted by atomic mass is 10.0. The predicted octanol–water partition coefficient (Wildman–Crippen LogP) is 3.24. The van der Waals surface area contributed by atoms with Crippen LogP contribution in [0.25, 0.3) is 0 Å². The molecule has 100 valence electrons. The zero-order valence-corrected chi connectivity index (χ0v) is 11.8. The second-order valence-corrected chi connectivity index (χ2v) is 5.42. The van der Waals surface area contributed by atoms with Crippen LogP contribution in [-0.4, -0.2) is 23.1 Å². The van der Waals surface area contributed by atoms with Crippen LogP contribution in [0.3, 0.4) is 0 Å². The third kappa shape index (κ3) is 3.12. The zero-order chi connectivity index (χ0) is 13.1. The largest absolute Gasteiger partial charge is 0.373 e. The minimum absolute atomic E-state index is 0.469. The first-order chi connectivity index (χ1) is 8.63. The molecular formula is C14H24N4. The average molecular weight is 248 g/mol. The quantitative estimate of drug-likeness (QED) is 0.811. The Bertz CT molecular complexity index is 399. The van der Waals surface area contributed by atoms with Gasteiger partial charge in [-0.2, -0.15) is 0 Å². The summed E-state index contributed by atoms with van der Waals surface area (Å²) in [7, 11) is 1.91. The Labute approximate surface area is 110 Å². The van der Waals surface area contributed by atoms with Crippen LogP contribution in [0.2, 0.25) is 0 Å². The molecule has 1 unspecified atom stereocenters. The smallest absolute Gasteiger partial charge is 0.136 e. The Balaban J connectivity index is 2.17. The highest BCUT2D eigenvalue weighted by atomic mass is 15.1. The van der Waals surface area contributed by atoms with Gasteiger partial charge in [0, 0.05) is 25.1 Å². The molecule has 0 saturated heterocycles. The van der Waals surface area contributed by atoms with Crippen molar-refractivity contribution < 1.29 is 0 Å². The molecule has 4 heteroatoms. The number of rotatable bonds is 6. The Morgan fingerprint density at radius 3 is 2.44 bits per heavy atom. The molecule has 0 radical (unpaired) electrons. The summed E-state index contributed by atoms with van der Waals surface area (Å²) in [6.07, 6.45) is 3.57. The van der Waals surface area contributed by atoms with Gasteiger partial charge < -0.3 is 10.6 Å². The minimum Gasteiger partial charge on any atom is -0.373 e. The van der Waals surface area contributed by atoms with Crippen LogP contribution in [0.1, 0.15) is 51.8 Å². The van der Waals surface area contributed by atoms with Gasteiger partial charge >= 0.3 is 0 Å². The third-order valence-electron chi connectivity index (χ3n) is 3.52. The van der Waals surface area contributed by atoms with Crippen molar-refractivity contribution in [3.63, 3.8) is 0 Å². The molecule has 0 aromatic carbocycles. The summed E-state index contributed by atoms with van der Waals surface area (Å²) in [5.74, 6) is 4.04.